The van der Waals surface area contributed by atoms with Gasteiger partial charge in [0.15, 0.2) is 0 Å². The molecule has 1 amide bonds. The van der Waals surface area contributed by atoms with E-state index in [0.29, 0.717) is 0 Å². The summed E-state index contributed by atoms with van der Waals surface area (Å²) >= 11 is 0. The molecule has 0 radical (unpaired) electrons. The largest absolute Gasteiger partial charge is 0.548 e. The van der Waals surface area contributed by atoms with Crippen molar-refractivity contribution in [3.05, 3.63) is 10.4 Å². The Bertz CT molecular complexity index is 397. The number of ether oxygens (including phenoxy) is 1. The SMILES string of the molecule is CC(C)(C)OC(=O)N1C[C@@H](N=[N+]=[N-])C[C@H]1C(=O)[O-]. The Morgan fingerprint density at radius 1 is 1.50 bits per heavy atom. The number of azide groups is 1. The molecule has 0 unspecified atom stereocenters. The van der Waals surface area contributed by atoms with Gasteiger partial charge in [0.1, 0.15) is 5.60 Å². The molecular formula is C10H15N4O4-. The zero-order valence-corrected chi connectivity index (χ0v) is 10.5. The number of carbonyl (C=O) groups excluding carboxylic acids is 2. The van der Waals surface area contributed by atoms with E-state index in [1.165, 1.54) is 0 Å². The monoisotopic (exact) mass is 255 g/mol. The van der Waals surface area contributed by atoms with Gasteiger partial charge in [-0.2, -0.15) is 0 Å². The molecule has 0 N–H and O–H groups in total. The molecular weight excluding hydrogens is 240 g/mol. The van der Waals surface area contributed by atoms with Gasteiger partial charge >= 0.3 is 6.09 Å². The molecule has 8 nitrogen and oxygen atoms in total. The van der Waals surface area contributed by atoms with Crippen LogP contribution in [-0.2, 0) is 9.53 Å². The molecule has 0 bridgehead atoms. The highest BCUT2D eigenvalue weighted by atomic mass is 16.6. The highest BCUT2D eigenvalue weighted by Crippen LogP contribution is 2.23. The predicted molar refractivity (Wildman–Crippen MR) is 59.3 cm³/mol. The Hall–Kier alpha value is -1.95. The molecule has 0 saturated carbocycles. The average Bonchev–Trinajstić information content (AvgIpc) is 2.59. The summed E-state index contributed by atoms with van der Waals surface area (Å²) in [6, 6.07) is -1.68. The van der Waals surface area contributed by atoms with E-state index < -0.39 is 29.7 Å². The van der Waals surface area contributed by atoms with Crippen LogP contribution in [0.15, 0.2) is 5.11 Å². The average molecular weight is 255 g/mol. The second-order valence-corrected chi connectivity index (χ2v) is 5.06. The van der Waals surface area contributed by atoms with Gasteiger partial charge in [0.25, 0.3) is 0 Å². The van der Waals surface area contributed by atoms with Crippen molar-refractivity contribution in [2.24, 2.45) is 5.11 Å². The molecule has 100 valence electrons. The quantitative estimate of drug-likeness (QED) is 0.403. The highest BCUT2D eigenvalue weighted by molar-refractivity contribution is 5.79. The zero-order valence-electron chi connectivity index (χ0n) is 10.5. The van der Waals surface area contributed by atoms with E-state index in [2.05, 4.69) is 10.0 Å². The maximum Gasteiger partial charge on any atom is 0.410 e. The molecule has 2 atom stereocenters. The number of carboxylic acids is 1. The first-order valence-corrected chi connectivity index (χ1v) is 5.49. The van der Waals surface area contributed by atoms with Gasteiger partial charge in [-0.1, -0.05) is 5.11 Å². The topological polar surface area (TPSA) is 118 Å². The standard InChI is InChI=1S/C10H16N4O4/c1-10(2,3)18-9(17)14-5-6(12-13-11)4-7(14)8(15)16/h6-7H,4-5H2,1-3H3,(H,15,16)/p-1/t6-,7-/m0/s1. The molecule has 0 spiro atoms. The molecule has 1 aliphatic rings. The minimum absolute atomic E-state index is 0.0254. The van der Waals surface area contributed by atoms with Crippen molar-refractivity contribution in [2.75, 3.05) is 6.54 Å². The van der Waals surface area contributed by atoms with E-state index in [9.17, 15) is 14.7 Å². The van der Waals surface area contributed by atoms with E-state index in [4.69, 9.17) is 10.3 Å². The van der Waals surface area contributed by atoms with E-state index in [1.54, 1.807) is 20.8 Å². The van der Waals surface area contributed by atoms with E-state index in [0.717, 1.165) is 4.90 Å². The summed E-state index contributed by atoms with van der Waals surface area (Å²) < 4.78 is 5.09. The molecule has 1 fully saturated rings. The molecule has 18 heavy (non-hydrogen) atoms. The smallest absolute Gasteiger partial charge is 0.410 e. The van der Waals surface area contributed by atoms with Crippen LogP contribution in [0.5, 0.6) is 0 Å². The summed E-state index contributed by atoms with van der Waals surface area (Å²) in [5.41, 5.74) is 7.61. The lowest BCUT2D eigenvalue weighted by Gasteiger charge is -2.28. The molecule has 8 heteroatoms. The van der Waals surface area contributed by atoms with Gasteiger partial charge in [0.05, 0.1) is 18.1 Å². The number of hydrogen-bond donors (Lipinski definition) is 0. The molecule has 0 aromatic rings. The third-order valence-corrected chi connectivity index (χ3v) is 2.39. The van der Waals surface area contributed by atoms with Crippen LogP contribution in [0.1, 0.15) is 27.2 Å². The lowest BCUT2D eigenvalue weighted by molar-refractivity contribution is -0.310. The number of amides is 1. The van der Waals surface area contributed by atoms with Crippen LogP contribution >= 0.6 is 0 Å². The summed E-state index contributed by atoms with van der Waals surface area (Å²) in [5.74, 6) is -1.38. The van der Waals surface area contributed by atoms with Crippen molar-refractivity contribution in [3.8, 4) is 0 Å². The number of nitrogens with zero attached hydrogens (tertiary/aromatic N) is 4. The molecule has 1 aliphatic heterocycles. The van der Waals surface area contributed by atoms with Crippen LogP contribution < -0.4 is 5.11 Å². The van der Waals surface area contributed by atoms with Gasteiger partial charge in [-0.3, -0.25) is 4.90 Å². The molecule has 1 rings (SSSR count). The van der Waals surface area contributed by atoms with Gasteiger partial charge in [0.2, 0.25) is 0 Å². The maximum atomic E-state index is 11.8. The highest BCUT2D eigenvalue weighted by Gasteiger charge is 2.37. The Kier molecular flexibility index (Phi) is 4.03. The molecule has 0 aromatic carbocycles. The lowest BCUT2D eigenvalue weighted by atomic mass is 10.2. The summed E-state index contributed by atoms with van der Waals surface area (Å²) in [4.78, 5) is 26.4. The molecule has 0 aromatic heterocycles. The fourth-order valence-electron chi connectivity index (χ4n) is 1.72. The Morgan fingerprint density at radius 2 is 2.11 bits per heavy atom. The fourth-order valence-corrected chi connectivity index (χ4v) is 1.72. The third-order valence-electron chi connectivity index (χ3n) is 2.39. The fraction of sp³-hybridized carbons (Fsp3) is 0.800. The second kappa shape index (κ2) is 5.14. The second-order valence-electron chi connectivity index (χ2n) is 5.06. The van der Waals surface area contributed by atoms with Crippen LogP contribution in [0.3, 0.4) is 0 Å². The normalized spacial score (nSPS) is 23.4. The lowest BCUT2D eigenvalue weighted by Crippen LogP contribution is -2.48. The van der Waals surface area contributed by atoms with Gasteiger partial charge in [-0.05, 0) is 32.7 Å². The van der Waals surface area contributed by atoms with Gasteiger partial charge in [-0.15, -0.1) is 0 Å². The van der Waals surface area contributed by atoms with Crippen molar-refractivity contribution in [1.82, 2.24) is 4.90 Å². The van der Waals surface area contributed by atoms with E-state index in [-0.39, 0.29) is 13.0 Å². The van der Waals surface area contributed by atoms with Gasteiger partial charge in [-0.25, -0.2) is 4.79 Å². The Balaban J connectivity index is 2.81. The molecule has 1 saturated heterocycles. The first kappa shape index (κ1) is 14.1. The van der Waals surface area contributed by atoms with Crippen LogP contribution in [0, 0.1) is 0 Å². The van der Waals surface area contributed by atoms with Crippen LogP contribution in [-0.4, -0.2) is 41.2 Å². The summed E-state index contributed by atoms with van der Waals surface area (Å²) in [6.07, 6.45) is -0.696. The first-order chi connectivity index (χ1) is 8.24. The summed E-state index contributed by atoms with van der Waals surface area (Å²) in [7, 11) is 0. The van der Waals surface area contributed by atoms with Crippen molar-refractivity contribution >= 4 is 12.1 Å². The number of hydrogen-bond acceptors (Lipinski definition) is 5. The van der Waals surface area contributed by atoms with Gasteiger partial charge < -0.3 is 14.6 Å². The predicted octanol–water partition coefficient (Wildman–Crippen LogP) is 0.425. The van der Waals surface area contributed by atoms with Crippen molar-refractivity contribution in [3.63, 3.8) is 0 Å². The minimum atomic E-state index is -1.38. The van der Waals surface area contributed by atoms with E-state index in [1.807, 2.05) is 0 Å². The van der Waals surface area contributed by atoms with Crippen molar-refractivity contribution in [2.45, 2.75) is 44.9 Å². The van der Waals surface area contributed by atoms with Gasteiger partial charge in [0, 0.05) is 11.5 Å². The zero-order chi connectivity index (χ0) is 13.9. The van der Waals surface area contributed by atoms with Crippen LogP contribution in [0.4, 0.5) is 4.79 Å². The number of rotatable bonds is 2. The Morgan fingerprint density at radius 3 is 2.56 bits per heavy atom. The van der Waals surface area contributed by atoms with E-state index >= 15 is 0 Å². The number of likely N-dealkylation sites (tertiary alicyclic amines) is 1. The molecule has 0 aliphatic carbocycles. The first-order valence-electron chi connectivity index (χ1n) is 5.49. The van der Waals surface area contributed by atoms with Crippen molar-refractivity contribution < 1.29 is 19.4 Å². The summed E-state index contributed by atoms with van der Waals surface area (Å²) in [5, 5.41) is 14.4. The van der Waals surface area contributed by atoms with Crippen LogP contribution in [0.2, 0.25) is 0 Å². The van der Waals surface area contributed by atoms with Crippen molar-refractivity contribution in [1.29, 1.82) is 0 Å². The summed E-state index contributed by atoms with van der Waals surface area (Å²) in [6.45, 7) is 5.07. The minimum Gasteiger partial charge on any atom is -0.548 e. The maximum absolute atomic E-state index is 11.8. The number of carbonyl (C=O) groups is 2. The third kappa shape index (κ3) is 3.53. The number of carboxylic acid groups (broad SMARTS) is 1. The van der Waals surface area contributed by atoms with Crippen LogP contribution in [0.25, 0.3) is 10.4 Å². The number of aliphatic carboxylic acids is 1. The molecule has 1 heterocycles. The Labute approximate surface area is 104 Å².